The van der Waals surface area contributed by atoms with Crippen LogP contribution in [-0.2, 0) is 45.6 Å². The monoisotopic (exact) mass is 536 g/mol. The SMILES string of the molecule is COC(=O)C1O[C@H](OCCSCc2ccccc2)C(OCc2ccccc2)[C@H]2O[C@@H](c3ccccc3)O[C@@H]12. The number of hydrogen-bond acceptors (Lipinski definition) is 8. The van der Waals surface area contributed by atoms with Crippen molar-refractivity contribution in [2.45, 2.75) is 49.4 Å². The Kier molecular flexibility index (Phi) is 9.46. The van der Waals surface area contributed by atoms with Gasteiger partial charge in [0.05, 0.1) is 20.3 Å². The number of rotatable bonds is 11. The third-order valence-electron chi connectivity index (χ3n) is 6.47. The molecule has 0 bridgehead atoms. The fourth-order valence-electron chi connectivity index (χ4n) is 4.57. The van der Waals surface area contributed by atoms with Crippen molar-refractivity contribution in [3.63, 3.8) is 0 Å². The molecule has 0 aliphatic carbocycles. The molecule has 6 atom stereocenters. The Bertz CT molecular complexity index is 1130. The minimum atomic E-state index is -1.00. The number of carbonyl (C=O) groups is 1. The summed E-state index contributed by atoms with van der Waals surface area (Å²) in [6.45, 7) is 0.755. The van der Waals surface area contributed by atoms with Crippen molar-refractivity contribution < 1.29 is 33.2 Å². The van der Waals surface area contributed by atoms with E-state index in [9.17, 15) is 4.79 Å². The van der Waals surface area contributed by atoms with E-state index in [1.54, 1.807) is 11.8 Å². The maximum atomic E-state index is 12.7. The molecule has 2 fully saturated rings. The first-order valence-electron chi connectivity index (χ1n) is 12.7. The molecular weight excluding hydrogens is 504 g/mol. The molecule has 2 aliphatic heterocycles. The van der Waals surface area contributed by atoms with Crippen molar-refractivity contribution in [1.29, 1.82) is 0 Å². The Hall–Kier alpha value is -2.72. The molecular formula is C30H32O7S. The van der Waals surface area contributed by atoms with Gasteiger partial charge in [0.1, 0.15) is 18.3 Å². The summed E-state index contributed by atoms with van der Waals surface area (Å²) in [6.07, 6.45) is -4.42. The zero-order valence-electron chi connectivity index (χ0n) is 21.2. The summed E-state index contributed by atoms with van der Waals surface area (Å²) in [5, 5.41) is 0. The van der Waals surface area contributed by atoms with E-state index in [0.717, 1.165) is 22.6 Å². The van der Waals surface area contributed by atoms with Crippen LogP contribution in [0.15, 0.2) is 91.0 Å². The first-order valence-corrected chi connectivity index (χ1v) is 13.9. The molecule has 2 heterocycles. The molecule has 2 aliphatic rings. The number of fused-ring (bicyclic) bond motifs is 1. The third kappa shape index (κ3) is 6.64. The number of methoxy groups -OCH3 is 1. The van der Waals surface area contributed by atoms with E-state index in [2.05, 4.69) is 12.1 Å². The molecule has 3 aromatic carbocycles. The highest BCUT2D eigenvalue weighted by Crippen LogP contribution is 2.41. The van der Waals surface area contributed by atoms with Gasteiger partial charge in [-0.2, -0.15) is 11.8 Å². The van der Waals surface area contributed by atoms with E-state index in [1.807, 2.05) is 78.9 Å². The predicted octanol–water partition coefficient (Wildman–Crippen LogP) is 4.90. The number of benzene rings is 3. The van der Waals surface area contributed by atoms with E-state index >= 15 is 0 Å². The lowest BCUT2D eigenvalue weighted by atomic mass is 9.98. The fourth-order valence-corrected chi connectivity index (χ4v) is 5.36. The van der Waals surface area contributed by atoms with Gasteiger partial charge in [-0.05, 0) is 11.1 Å². The van der Waals surface area contributed by atoms with Gasteiger partial charge in [0.25, 0.3) is 0 Å². The van der Waals surface area contributed by atoms with Crippen LogP contribution in [0.3, 0.4) is 0 Å². The fraction of sp³-hybridized carbons (Fsp3) is 0.367. The quantitative estimate of drug-likeness (QED) is 0.253. The normalized spacial score (nSPS) is 26.6. The van der Waals surface area contributed by atoms with Crippen LogP contribution in [0.5, 0.6) is 0 Å². The van der Waals surface area contributed by atoms with Crippen LogP contribution in [0, 0.1) is 0 Å². The van der Waals surface area contributed by atoms with E-state index in [4.69, 9.17) is 28.4 Å². The Morgan fingerprint density at radius 2 is 1.42 bits per heavy atom. The maximum absolute atomic E-state index is 12.7. The second-order valence-corrected chi connectivity index (χ2v) is 10.2. The number of thioether (sulfide) groups is 1. The van der Waals surface area contributed by atoms with Crippen LogP contribution in [0.1, 0.15) is 23.0 Å². The summed E-state index contributed by atoms with van der Waals surface area (Å²) in [4.78, 5) is 12.7. The van der Waals surface area contributed by atoms with E-state index in [1.165, 1.54) is 12.7 Å². The zero-order valence-corrected chi connectivity index (χ0v) is 22.0. The van der Waals surface area contributed by atoms with Gasteiger partial charge in [0, 0.05) is 17.1 Å². The maximum Gasteiger partial charge on any atom is 0.337 e. The summed E-state index contributed by atoms with van der Waals surface area (Å²) < 4.78 is 36.3. The Morgan fingerprint density at radius 3 is 2.11 bits per heavy atom. The van der Waals surface area contributed by atoms with Gasteiger partial charge in [-0.3, -0.25) is 0 Å². The zero-order chi connectivity index (χ0) is 26.2. The first-order chi connectivity index (χ1) is 18.7. The van der Waals surface area contributed by atoms with Crippen molar-refractivity contribution >= 4 is 17.7 Å². The number of hydrogen-bond donors (Lipinski definition) is 0. The van der Waals surface area contributed by atoms with Crippen molar-refractivity contribution in [3.05, 3.63) is 108 Å². The molecule has 0 N–H and O–H groups in total. The lowest BCUT2D eigenvalue weighted by Crippen LogP contribution is -2.60. The van der Waals surface area contributed by atoms with Crippen molar-refractivity contribution in [1.82, 2.24) is 0 Å². The van der Waals surface area contributed by atoms with E-state index < -0.39 is 43.0 Å². The summed E-state index contributed by atoms with van der Waals surface area (Å²) in [5.74, 6) is 1.10. The molecule has 2 unspecified atom stereocenters. The first kappa shape index (κ1) is 26.9. The van der Waals surface area contributed by atoms with Crippen molar-refractivity contribution in [2.24, 2.45) is 0 Å². The van der Waals surface area contributed by atoms with Crippen LogP contribution < -0.4 is 0 Å². The van der Waals surface area contributed by atoms with Gasteiger partial charge >= 0.3 is 5.97 Å². The Labute approximate surface area is 227 Å². The second-order valence-electron chi connectivity index (χ2n) is 9.06. The third-order valence-corrected chi connectivity index (χ3v) is 7.46. The summed E-state index contributed by atoms with van der Waals surface area (Å²) in [7, 11) is 1.33. The Morgan fingerprint density at radius 1 is 0.789 bits per heavy atom. The van der Waals surface area contributed by atoms with Gasteiger partial charge in [0.2, 0.25) is 0 Å². The minimum absolute atomic E-state index is 0.336. The summed E-state index contributed by atoms with van der Waals surface area (Å²) >= 11 is 1.77. The van der Waals surface area contributed by atoms with Gasteiger partial charge in [-0.15, -0.1) is 0 Å². The summed E-state index contributed by atoms with van der Waals surface area (Å²) in [5.41, 5.74) is 3.12. The van der Waals surface area contributed by atoms with Gasteiger partial charge in [-0.25, -0.2) is 4.79 Å². The molecule has 3 aromatic rings. The Balaban J connectivity index is 1.30. The van der Waals surface area contributed by atoms with Crippen LogP contribution in [-0.4, -0.2) is 56.1 Å². The molecule has 0 amide bonds. The van der Waals surface area contributed by atoms with Gasteiger partial charge in [-0.1, -0.05) is 91.0 Å². The molecule has 0 aromatic heterocycles. The lowest BCUT2D eigenvalue weighted by Gasteiger charge is -2.40. The molecule has 0 radical (unpaired) electrons. The molecule has 5 rings (SSSR count). The highest BCUT2D eigenvalue weighted by atomic mass is 32.2. The minimum Gasteiger partial charge on any atom is -0.467 e. The van der Waals surface area contributed by atoms with Gasteiger partial charge < -0.3 is 28.4 Å². The highest BCUT2D eigenvalue weighted by molar-refractivity contribution is 7.98. The highest BCUT2D eigenvalue weighted by Gasteiger charge is 2.56. The predicted molar refractivity (Wildman–Crippen MR) is 143 cm³/mol. The summed E-state index contributed by atoms with van der Waals surface area (Å²) in [6, 6.07) is 29.8. The smallest absolute Gasteiger partial charge is 0.337 e. The molecule has 2 saturated heterocycles. The average molecular weight is 537 g/mol. The van der Waals surface area contributed by atoms with Crippen LogP contribution in [0.25, 0.3) is 0 Å². The molecule has 200 valence electrons. The van der Waals surface area contributed by atoms with E-state index in [-0.39, 0.29) is 0 Å². The molecule has 0 spiro atoms. The van der Waals surface area contributed by atoms with Crippen LogP contribution in [0.2, 0.25) is 0 Å². The number of carbonyl (C=O) groups excluding carboxylic acids is 1. The van der Waals surface area contributed by atoms with Crippen molar-refractivity contribution in [2.75, 3.05) is 19.5 Å². The average Bonchev–Trinajstić information content (AvgIpc) is 3.42. The van der Waals surface area contributed by atoms with Gasteiger partial charge in [0.15, 0.2) is 18.7 Å². The van der Waals surface area contributed by atoms with Crippen molar-refractivity contribution in [3.8, 4) is 0 Å². The number of esters is 1. The molecule has 0 saturated carbocycles. The van der Waals surface area contributed by atoms with Crippen LogP contribution >= 0.6 is 11.8 Å². The second kappa shape index (κ2) is 13.4. The largest absolute Gasteiger partial charge is 0.467 e. The topological polar surface area (TPSA) is 72.5 Å². The van der Waals surface area contributed by atoms with E-state index in [0.29, 0.717) is 13.2 Å². The lowest BCUT2D eigenvalue weighted by molar-refractivity contribution is -0.286. The molecule has 7 nitrogen and oxygen atoms in total. The number of ether oxygens (including phenoxy) is 6. The van der Waals surface area contributed by atoms with Crippen LogP contribution in [0.4, 0.5) is 0 Å². The molecule has 8 heteroatoms. The molecule has 38 heavy (non-hydrogen) atoms. The standard InChI is InChI=1S/C30H32O7S/c1-32-28(31)26-24-25(36-29(35-24)23-15-9-4-10-16-23)27(34-19-21-11-5-2-6-12-21)30(37-26)33-17-18-38-20-22-13-7-3-8-14-22/h2-16,24-27,29-30H,17-20H2,1H3/t24-,25+,26?,27?,29+,30+/m1/s1.